The first-order valence-electron chi connectivity index (χ1n) is 8.37. The van der Waals surface area contributed by atoms with Crippen LogP contribution in [0.15, 0.2) is 41.2 Å². The second-order valence-electron chi connectivity index (χ2n) is 6.45. The standard InChI is InChI=1S/C18H21N5O2/c1-12-3-5-13(6-4-12)16-7-15(25-22-16)10-23-9-14(24-2)8-17(23)18-19-11-20-21-18/h3-7,11,14,17H,8-10H2,1-2H3,(H,19,20,21)/t14-,17+/m1/s1. The van der Waals surface area contributed by atoms with E-state index in [1.807, 2.05) is 6.07 Å². The fourth-order valence-corrected chi connectivity index (χ4v) is 3.32. The average molecular weight is 339 g/mol. The van der Waals surface area contributed by atoms with Gasteiger partial charge < -0.3 is 9.26 Å². The smallest absolute Gasteiger partial charge is 0.151 e. The van der Waals surface area contributed by atoms with E-state index in [1.165, 1.54) is 11.9 Å². The molecule has 7 heteroatoms. The highest BCUT2D eigenvalue weighted by atomic mass is 16.5. The van der Waals surface area contributed by atoms with Gasteiger partial charge in [-0.3, -0.25) is 10.00 Å². The second kappa shape index (κ2) is 6.78. The maximum absolute atomic E-state index is 5.57. The molecule has 0 saturated carbocycles. The lowest BCUT2D eigenvalue weighted by molar-refractivity contribution is 0.105. The van der Waals surface area contributed by atoms with E-state index in [9.17, 15) is 0 Å². The molecule has 25 heavy (non-hydrogen) atoms. The molecular weight excluding hydrogens is 318 g/mol. The lowest BCUT2D eigenvalue weighted by Gasteiger charge is -2.20. The number of aromatic amines is 1. The van der Waals surface area contributed by atoms with Crippen molar-refractivity contribution in [2.75, 3.05) is 13.7 Å². The van der Waals surface area contributed by atoms with Gasteiger partial charge in [-0.25, -0.2) is 4.98 Å². The first-order chi connectivity index (χ1) is 12.2. The molecule has 0 amide bonds. The van der Waals surface area contributed by atoms with E-state index in [-0.39, 0.29) is 12.1 Å². The summed E-state index contributed by atoms with van der Waals surface area (Å²) in [5.41, 5.74) is 3.14. The van der Waals surface area contributed by atoms with E-state index in [0.717, 1.165) is 35.8 Å². The summed E-state index contributed by atoms with van der Waals surface area (Å²) < 4.78 is 11.1. The van der Waals surface area contributed by atoms with E-state index in [1.54, 1.807) is 7.11 Å². The molecule has 1 saturated heterocycles. The zero-order valence-corrected chi connectivity index (χ0v) is 14.3. The minimum atomic E-state index is 0.139. The van der Waals surface area contributed by atoms with Gasteiger partial charge in [-0.15, -0.1) is 0 Å². The molecule has 4 rings (SSSR count). The van der Waals surface area contributed by atoms with Crippen molar-refractivity contribution in [3.63, 3.8) is 0 Å². The predicted molar refractivity (Wildman–Crippen MR) is 91.6 cm³/mol. The van der Waals surface area contributed by atoms with E-state index in [0.29, 0.717) is 6.54 Å². The van der Waals surface area contributed by atoms with Gasteiger partial charge in [-0.1, -0.05) is 35.0 Å². The van der Waals surface area contributed by atoms with Crippen molar-refractivity contribution >= 4 is 0 Å². The largest absolute Gasteiger partial charge is 0.380 e. The van der Waals surface area contributed by atoms with E-state index in [2.05, 4.69) is 56.4 Å². The topological polar surface area (TPSA) is 80.1 Å². The van der Waals surface area contributed by atoms with Gasteiger partial charge in [0.1, 0.15) is 17.8 Å². The Morgan fingerprint density at radius 2 is 2.16 bits per heavy atom. The SMILES string of the molecule is CO[C@@H]1C[C@@H](c2ncn[nH]2)N(Cc2cc(-c3ccc(C)cc3)no2)C1. The summed E-state index contributed by atoms with van der Waals surface area (Å²) in [5.74, 6) is 1.69. The maximum atomic E-state index is 5.57. The van der Waals surface area contributed by atoms with Crippen LogP contribution < -0.4 is 0 Å². The molecule has 1 aliphatic heterocycles. The molecule has 1 aliphatic rings. The number of hydrogen-bond acceptors (Lipinski definition) is 6. The van der Waals surface area contributed by atoms with Crippen LogP contribution in [-0.2, 0) is 11.3 Å². The zero-order valence-electron chi connectivity index (χ0n) is 14.3. The summed E-state index contributed by atoms with van der Waals surface area (Å²) in [4.78, 5) is 6.60. The molecule has 3 heterocycles. The van der Waals surface area contributed by atoms with Gasteiger partial charge in [0.2, 0.25) is 0 Å². The number of nitrogens with one attached hydrogen (secondary N) is 1. The van der Waals surface area contributed by atoms with Crippen molar-refractivity contribution < 1.29 is 9.26 Å². The molecule has 0 unspecified atom stereocenters. The van der Waals surface area contributed by atoms with Crippen LogP contribution in [0.5, 0.6) is 0 Å². The third kappa shape index (κ3) is 3.33. The van der Waals surface area contributed by atoms with E-state index in [4.69, 9.17) is 9.26 Å². The third-order valence-electron chi connectivity index (χ3n) is 4.71. The Balaban J connectivity index is 1.52. The lowest BCUT2D eigenvalue weighted by atomic mass is 10.1. The lowest BCUT2D eigenvalue weighted by Crippen LogP contribution is -2.25. The number of aryl methyl sites for hydroxylation is 1. The molecule has 0 bridgehead atoms. The molecule has 130 valence electrons. The number of methoxy groups -OCH3 is 1. The fourth-order valence-electron chi connectivity index (χ4n) is 3.32. The van der Waals surface area contributed by atoms with Gasteiger partial charge in [0.05, 0.1) is 18.7 Å². The van der Waals surface area contributed by atoms with Gasteiger partial charge in [0, 0.05) is 25.3 Å². The fraction of sp³-hybridized carbons (Fsp3) is 0.389. The Morgan fingerprint density at radius 1 is 1.32 bits per heavy atom. The van der Waals surface area contributed by atoms with Crippen LogP contribution in [0.3, 0.4) is 0 Å². The monoisotopic (exact) mass is 339 g/mol. The number of rotatable bonds is 5. The second-order valence-corrected chi connectivity index (χ2v) is 6.45. The van der Waals surface area contributed by atoms with Crippen LogP contribution in [0.4, 0.5) is 0 Å². The molecule has 2 atom stereocenters. The molecular formula is C18H21N5O2. The highest BCUT2D eigenvalue weighted by molar-refractivity contribution is 5.59. The van der Waals surface area contributed by atoms with Crippen molar-refractivity contribution in [3.05, 3.63) is 53.8 Å². The van der Waals surface area contributed by atoms with Gasteiger partial charge in [0.15, 0.2) is 5.76 Å². The Labute approximate surface area is 146 Å². The molecule has 7 nitrogen and oxygen atoms in total. The van der Waals surface area contributed by atoms with Crippen molar-refractivity contribution in [2.45, 2.75) is 32.0 Å². The predicted octanol–water partition coefficient (Wildman–Crippen LogP) is 2.73. The minimum absolute atomic E-state index is 0.139. The number of ether oxygens (including phenoxy) is 1. The van der Waals surface area contributed by atoms with Gasteiger partial charge >= 0.3 is 0 Å². The van der Waals surface area contributed by atoms with Crippen LogP contribution in [-0.4, -0.2) is 45.0 Å². The first kappa shape index (κ1) is 16.0. The zero-order chi connectivity index (χ0) is 17.2. The van der Waals surface area contributed by atoms with Gasteiger partial charge in [-0.05, 0) is 13.3 Å². The number of aromatic nitrogens is 4. The van der Waals surface area contributed by atoms with Crippen molar-refractivity contribution in [2.24, 2.45) is 0 Å². The summed E-state index contributed by atoms with van der Waals surface area (Å²) in [6.45, 7) is 3.55. The summed E-state index contributed by atoms with van der Waals surface area (Å²) >= 11 is 0. The molecule has 0 radical (unpaired) electrons. The van der Waals surface area contributed by atoms with Crippen molar-refractivity contribution in [1.82, 2.24) is 25.2 Å². The molecule has 0 aliphatic carbocycles. The first-order valence-corrected chi connectivity index (χ1v) is 8.37. The Hall–Kier alpha value is -2.51. The van der Waals surface area contributed by atoms with Crippen LogP contribution in [0, 0.1) is 6.92 Å². The van der Waals surface area contributed by atoms with Crippen molar-refractivity contribution in [3.8, 4) is 11.3 Å². The highest BCUT2D eigenvalue weighted by Crippen LogP contribution is 2.33. The van der Waals surface area contributed by atoms with E-state index >= 15 is 0 Å². The Bertz CT molecular complexity index is 812. The van der Waals surface area contributed by atoms with Crippen LogP contribution in [0.1, 0.15) is 29.6 Å². The summed E-state index contributed by atoms with van der Waals surface area (Å²) in [6, 6.07) is 10.4. The number of H-pyrrole nitrogens is 1. The quantitative estimate of drug-likeness (QED) is 0.770. The highest BCUT2D eigenvalue weighted by Gasteiger charge is 2.35. The number of hydrogen-bond donors (Lipinski definition) is 1. The summed E-state index contributed by atoms with van der Waals surface area (Å²) in [6.07, 6.45) is 2.59. The maximum Gasteiger partial charge on any atom is 0.151 e. The molecule has 1 N–H and O–H groups in total. The normalized spacial score (nSPS) is 21.0. The third-order valence-corrected chi connectivity index (χ3v) is 4.71. The van der Waals surface area contributed by atoms with Crippen LogP contribution >= 0.6 is 0 Å². The number of nitrogens with zero attached hydrogens (tertiary/aromatic N) is 4. The molecule has 2 aromatic heterocycles. The molecule has 0 spiro atoms. The minimum Gasteiger partial charge on any atom is -0.380 e. The molecule has 1 fully saturated rings. The summed E-state index contributed by atoms with van der Waals surface area (Å²) in [5, 5.41) is 11.2. The van der Waals surface area contributed by atoms with Gasteiger partial charge in [0.25, 0.3) is 0 Å². The van der Waals surface area contributed by atoms with E-state index < -0.39 is 0 Å². The van der Waals surface area contributed by atoms with Crippen molar-refractivity contribution in [1.29, 1.82) is 0 Å². The molecule has 3 aromatic rings. The Kier molecular flexibility index (Phi) is 4.33. The summed E-state index contributed by atoms with van der Waals surface area (Å²) in [7, 11) is 1.75. The molecule has 1 aromatic carbocycles. The Morgan fingerprint density at radius 3 is 2.88 bits per heavy atom. The van der Waals surface area contributed by atoms with Gasteiger partial charge in [-0.2, -0.15) is 5.10 Å². The van der Waals surface area contributed by atoms with Crippen LogP contribution in [0.2, 0.25) is 0 Å². The van der Waals surface area contributed by atoms with Crippen LogP contribution in [0.25, 0.3) is 11.3 Å². The average Bonchev–Trinajstić information content (AvgIpc) is 3.36. The number of likely N-dealkylation sites (tertiary alicyclic amines) is 1. The number of benzene rings is 1.